The van der Waals surface area contributed by atoms with Gasteiger partial charge in [0.15, 0.2) is 0 Å². The summed E-state index contributed by atoms with van der Waals surface area (Å²) in [6.07, 6.45) is 4.29. The van der Waals surface area contributed by atoms with E-state index in [0.717, 1.165) is 19.5 Å². The number of anilines is 1. The highest BCUT2D eigenvalue weighted by atomic mass is 35.5. The van der Waals surface area contributed by atoms with E-state index in [4.69, 9.17) is 10.5 Å². The molecule has 1 fully saturated rings. The van der Waals surface area contributed by atoms with Crippen LogP contribution >= 0.6 is 12.4 Å². The fourth-order valence-corrected chi connectivity index (χ4v) is 1.32. The van der Waals surface area contributed by atoms with Crippen LogP contribution in [-0.2, 0) is 0 Å². The molecule has 1 saturated heterocycles. The smallest absolute Gasteiger partial charge is 0.234 e. The lowest BCUT2D eigenvalue weighted by molar-refractivity contribution is 0.213. The van der Waals surface area contributed by atoms with Crippen LogP contribution in [0.15, 0.2) is 12.4 Å². The lowest BCUT2D eigenvalue weighted by Gasteiger charge is -2.10. The third-order valence-electron chi connectivity index (χ3n) is 1.93. The number of ether oxygens (including phenoxy) is 1. The van der Waals surface area contributed by atoms with E-state index >= 15 is 0 Å². The minimum Gasteiger partial charge on any atom is -0.472 e. The molecular weight excluding hydrogens is 204 g/mol. The summed E-state index contributed by atoms with van der Waals surface area (Å²) in [6.45, 7) is 1.87. The van der Waals surface area contributed by atoms with Crippen molar-refractivity contribution in [1.29, 1.82) is 0 Å². The van der Waals surface area contributed by atoms with Gasteiger partial charge in [-0.3, -0.25) is 4.98 Å². The highest BCUT2D eigenvalue weighted by Gasteiger charge is 2.16. The van der Waals surface area contributed by atoms with E-state index in [2.05, 4.69) is 15.3 Å². The predicted molar refractivity (Wildman–Crippen MR) is 55.6 cm³/mol. The van der Waals surface area contributed by atoms with Crippen LogP contribution in [0.3, 0.4) is 0 Å². The molecule has 0 spiro atoms. The minimum absolute atomic E-state index is 0. The first-order valence-electron chi connectivity index (χ1n) is 4.29. The van der Waals surface area contributed by atoms with Gasteiger partial charge in [0.1, 0.15) is 11.9 Å². The molecule has 2 rings (SSSR count). The van der Waals surface area contributed by atoms with Gasteiger partial charge in [-0.2, -0.15) is 4.98 Å². The zero-order chi connectivity index (χ0) is 9.10. The maximum atomic E-state index is 5.54. The van der Waals surface area contributed by atoms with Crippen LogP contribution in [0.25, 0.3) is 0 Å². The van der Waals surface area contributed by atoms with Crippen molar-refractivity contribution < 1.29 is 4.74 Å². The fourth-order valence-electron chi connectivity index (χ4n) is 1.32. The number of nitrogens with zero attached hydrogens (tertiary/aromatic N) is 2. The molecule has 1 atom stereocenters. The van der Waals surface area contributed by atoms with Gasteiger partial charge in [-0.25, -0.2) is 0 Å². The molecular formula is C8H13ClN4O. The van der Waals surface area contributed by atoms with Crippen LogP contribution in [0.1, 0.15) is 6.42 Å². The molecule has 0 bridgehead atoms. The second-order valence-corrected chi connectivity index (χ2v) is 3.01. The van der Waals surface area contributed by atoms with E-state index < -0.39 is 0 Å². The van der Waals surface area contributed by atoms with Gasteiger partial charge in [-0.1, -0.05) is 0 Å². The Kier molecular flexibility index (Phi) is 3.91. The van der Waals surface area contributed by atoms with E-state index in [0.29, 0.717) is 11.7 Å². The second-order valence-electron chi connectivity index (χ2n) is 3.01. The van der Waals surface area contributed by atoms with E-state index in [-0.39, 0.29) is 18.5 Å². The largest absolute Gasteiger partial charge is 0.472 e. The minimum atomic E-state index is 0. The maximum Gasteiger partial charge on any atom is 0.234 e. The zero-order valence-electron chi connectivity index (χ0n) is 7.64. The first kappa shape index (κ1) is 11.0. The lowest BCUT2D eigenvalue weighted by Crippen LogP contribution is -2.20. The molecule has 0 radical (unpaired) electrons. The van der Waals surface area contributed by atoms with Crippen LogP contribution in [0, 0.1) is 0 Å². The van der Waals surface area contributed by atoms with Crippen LogP contribution in [0.2, 0.25) is 0 Å². The van der Waals surface area contributed by atoms with Crippen molar-refractivity contribution in [3.8, 4) is 5.88 Å². The highest BCUT2D eigenvalue weighted by molar-refractivity contribution is 5.85. The summed E-state index contributed by atoms with van der Waals surface area (Å²) in [4.78, 5) is 7.90. The summed E-state index contributed by atoms with van der Waals surface area (Å²) < 4.78 is 5.54. The Bertz CT molecular complexity index is 290. The van der Waals surface area contributed by atoms with Crippen molar-refractivity contribution in [1.82, 2.24) is 15.3 Å². The van der Waals surface area contributed by atoms with Crippen molar-refractivity contribution in [3.05, 3.63) is 12.4 Å². The van der Waals surface area contributed by atoms with Gasteiger partial charge in [0.25, 0.3) is 0 Å². The van der Waals surface area contributed by atoms with Crippen molar-refractivity contribution in [2.24, 2.45) is 0 Å². The number of nitrogen functional groups attached to an aromatic ring is 1. The Hall–Kier alpha value is -1.07. The second kappa shape index (κ2) is 4.97. The average molecular weight is 217 g/mol. The lowest BCUT2D eigenvalue weighted by atomic mass is 10.3. The van der Waals surface area contributed by atoms with Crippen LogP contribution in [0.4, 0.5) is 5.82 Å². The van der Waals surface area contributed by atoms with E-state index in [9.17, 15) is 0 Å². The highest BCUT2D eigenvalue weighted by Crippen LogP contribution is 2.11. The normalized spacial score (nSPS) is 20.1. The Labute approximate surface area is 88.5 Å². The van der Waals surface area contributed by atoms with Crippen LogP contribution < -0.4 is 15.8 Å². The molecule has 1 aromatic rings. The molecule has 0 amide bonds. The molecule has 3 N–H and O–H groups in total. The summed E-state index contributed by atoms with van der Waals surface area (Å²) >= 11 is 0. The van der Waals surface area contributed by atoms with Crippen molar-refractivity contribution >= 4 is 18.2 Å². The molecule has 78 valence electrons. The van der Waals surface area contributed by atoms with Gasteiger partial charge >= 0.3 is 0 Å². The van der Waals surface area contributed by atoms with Gasteiger partial charge in [-0.15, -0.1) is 12.4 Å². The molecule has 5 nitrogen and oxygen atoms in total. The molecule has 1 aliphatic rings. The Morgan fingerprint density at radius 3 is 3.00 bits per heavy atom. The SMILES string of the molecule is Cl.Nc1cncc(OC2CCNC2)n1. The summed E-state index contributed by atoms with van der Waals surface area (Å²) in [5, 5.41) is 3.20. The Morgan fingerprint density at radius 1 is 1.50 bits per heavy atom. The van der Waals surface area contributed by atoms with Crippen LogP contribution in [0.5, 0.6) is 5.88 Å². The predicted octanol–water partition coefficient (Wildman–Crippen LogP) is 0.221. The van der Waals surface area contributed by atoms with Crippen LogP contribution in [-0.4, -0.2) is 29.2 Å². The van der Waals surface area contributed by atoms with Crippen molar-refractivity contribution in [3.63, 3.8) is 0 Å². The first-order valence-corrected chi connectivity index (χ1v) is 4.29. The summed E-state index contributed by atoms with van der Waals surface area (Å²) in [7, 11) is 0. The summed E-state index contributed by atoms with van der Waals surface area (Å²) in [5.74, 6) is 0.900. The standard InChI is InChI=1S/C8H12N4O.ClH/c9-7-4-11-5-8(12-7)13-6-1-2-10-3-6;/h4-6,10H,1-3H2,(H2,9,12);1H. The summed E-state index contributed by atoms with van der Waals surface area (Å²) in [6, 6.07) is 0. The van der Waals surface area contributed by atoms with Crippen molar-refractivity contribution in [2.75, 3.05) is 18.8 Å². The van der Waals surface area contributed by atoms with E-state index in [1.165, 1.54) is 6.20 Å². The number of hydrogen-bond acceptors (Lipinski definition) is 5. The maximum absolute atomic E-state index is 5.54. The molecule has 14 heavy (non-hydrogen) atoms. The topological polar surface area (TPSA) is 73.1 Å². The first-order chi connectivity index (χ1) is 6.34. The summed E-state index contributed by atoms with van der Waals surface area (Å²) in [5.41, 5.74) is 5.46. The third kappa shape index (κ3) is 2.71. The van der Waals surface area contributed by atoms with Crippen molar-refractivity contribution in [2.45, 2.75) is 12.5 Å². The van der Waals surface area contributed by atoms with E-state index in [1.807, 2.05) is 0 Å². The molecule has 0 saturated carbocycles. The van der Waals surface area contributed by atoms with Gasteiger partial charge in [0.05, 0.1) is 12.4 Å². The molecule has 0 aliphatic carbocycles. The monoisotopic (exact) mass is 216 g/mol. The molecule has 0 aromatic carbocycles. The molecule has 1 unspecified atom stereocenters. The zero-order valence-corrected chi connectivity index (χ0v) is 8.46. The van der Waals surface area contributed by atoms with E-state index in [1.54, 1.807) is 6.20 Å². The number of hydrogen-bond donors (Lipinski definition) is 2. The molecule has 1 aromatic heterocycles. The fraction of sp³-hybridized carbons (Fsp3) is 0.500. The van der Waals surface area contributed by atoms with Gasteiger partial charge in [-0.05, 0) is 13.0 Å². The Balaban J connectivity index is 0.000000980. The molecule has 2 heterocycles. The molecule has 6 heteroatoms. The number of rotatable bonds is 2. The van der Waals surface area contributed by atoms with Gasteiger partial charge in [0, 0.05) is 6.54 Å². The van der Waals surface area contributed by atoms with Gasteiger partial charge in [0.2, 0.25) is 5.88 Å². The number of nitrogens with two attached hydrogens (primary N) is 1. The van der Waals surface area contributed by atoms with Gasteiger partial charge < -0.3 is 15.8 Å². The molecule has 1 aliphatic heterocycles. The average Bonchev–Trinajstić information content (AvgIpc) is 2.57. The quantitative estimate of drug-likeness (QED) is 0.740. The Morgan fingerprint density at radius 2 is 2.36 bits per heavy atom. The third-order valence-corrected chi connectivity index (χ3v) is 1.93. The number of halogens is 1. The number of nitrogens with one attached hydrogen (secondary N) is 1. The number of aromatic nitrogens is 2.